The van der Waals surface area contributed by atoms with E-state index >= 15 is 0 Å². The standard InChI is InChI=1S/C21H16F2N4O2S/c22-20(23)29-18-9-5-4-8-16(18)17-13-30-21(25-17)26-19(28)10-14-11-24-27(12-14)15-6-2-1-3-7-15/h1-9,11-13,20H,10H2,(H,25,26,28). The highest BCUT2D eigenvalue weighted by Crippen LogP contribution is 2.33. The molecule has 4 aromatic rings. The third kappa shape index (κ3) is 4.69. The molecule has 4 rings (SSSR count). The fourth-order valence-electron chi connectivity index (χ4n) is 2.85. The SMILES string of the molecule is O=C(Cc1cnn(-c2ccccc2)c1)Nc1nc(-c2ccccc2OC(F)F)cs1. The number of nitrogens with zero attached hydrogens (tertiary/aromatic N) is 3. The maximum Gasteiger partial charge on any atom is 0.387 e. The van der Waals surface area contributed by atoms with E-state index in [-0.39, 0.29) is 18.1 Å². The Morgan fingerprint density at radius 2 is 1.90 bits per heavy atom. The second-order valence-corrected chi connectivity index (χ2v) is 7.12. The van der Waals surface area contributed by atoms with E-state index in [9.17, 15) is 13.6 Å². The van der Waals surface area contributed by atoms with Crippen molar-refractivity contribution in [2.75, 3.05) is 5.32 Å². The van der Waals surface area contributed by atoms with Gasteiger partial charge in [0, 0.05) is 17.1 Å². The van der Waals surface area contributed by atoms with Gasteiger partial charge in [0.25, 0.3) is 0 Å². The Labute approximate surface area is 174 Å². The van der Waals surface area contributed by atoms with Gasteiger partial charge >= 0.3 is 6.61 Å². The predicted molar refractivity (Wildman–Crippen MR) is 110 cm³/mol. The van der Waals surface area contributed by atoms with E-state index in [0.29, 0.717) is 16.4 Å². The lowest BCUT2D eigenvalue weighted by atomic mass is 10.1. The summed E-state index contributed by atoms with van der Waals surface area (Å²) in [5, 5.41) is 9.05. The van der Waals surface area contributed by atoms with E-state index < -0.39 is 6.61 Å². The highest BCUT2D eigenvalue weighted by molar-refractivity contribution is 7.14. The molecule has 2 aromatic heterocycles. The van der Waals surface area contributed by atoms with Crippen molar-refractivity contribution in [3.05, 3.63) is 77.9 Å². The molecular weight excluding hydrogens is 410 g/mol. The van der Waals surface area contributed by atoms with Crippen LogP contribution in [-0.2, 0) is 11.2 Å². The lowest BCUT2D eigenvalue weighted by Crippen LogP contribution is -2.13. The molecule has 0 fully saturated rings. The number of carbonyl (C=O) groups excluding carboxylic acids is 1. The smallest absolute Gasteiger partial charge is 0.387 e. The molecule has 30 heavy (non-hydrogen) atoms. The summed E-state index contributed by atoms with van der Waals surface area (Å²) in [6.45, 7) is -2.93. The van der Waals surface area contributed by atoms with Gasteiger partial charge in [0.2, 0.25) is 5.91 Å². The zero-order valence-corrected chi connectivity index (χ0v) is 16.4. The van der Waals surface area contributed by atoms with Crippen LogP contribution in [0.15, 0.2) is 72.4 Å². The van der Waals surface area contributed by atoms with Crippen molar-refractivity contribution in [1.82, 2.24) is 14.8 Å². The number of aromatic nitrogens is 3. The van der Waals surface area contributed by atoms with Crippen LogP contribution in [0.5, 0.6) is 5.75 Å². The number of benzene rings is 2. The molecule has 0 aliphatic heterocycles. The van der Waals surface area contributed by atoms with Gasteiger partial charge in [0.15, 0.2) is 5.13 Å². The molecule has 0 atom stereocenters. The van der Waals surface area contributed by atoms with Crippen LogP contribution in [0.1, 0.15) is 5.56 Å². The van der Waals surface area contributed by atoms with Gasteiger partial charge in [-0.2, -0.15) is 13.9 Å². The van der Waals surface area contributed by atoms with Crippen molar-refractivity contribution in [2.45, 2.75) is 13.0 Å². The Morgan fingerprint density at radius 3 is 2.70 bits per heavy atom. The molecule has 9 heteroatoms. The predicted octanol–water partition coefficient (Wildman–Crippen LogP) is 4.78. The molecular formula is C21H16F2N4O2S. The molecule has 0 bridgehead atoms. The molecule has 0 saturated carbocycles. The van der Waals surface area contributed by atoms with E-state index in [1.54, 1.807) is 40.7 Å². The van der Waals surface area contributed by atoms with Crippen molar-refractivity contribution in [3.8, 4) is 22.7 Å². The first-order chi connectivity index (χ1) is 14.6. The van der Waals surface area contributed by atoms with Crippen LogP contribution in [0, 0.1) is 0 Å². The van der Waals surface area contributed by atoms with Gasteiger partial charge in [0.1, 0.15) is 5.75 Å². The number of nitrogens with one attached hydrogen (secondary N) is 1. The number of thiazole rings is 1. The Morgan fingerprint density at radius 1 is 1.13 bits per heavy atom. The number of anilines is 1. The molecule has 2 aromatic carbocycles. The Bertz CT molecular complexity index is 1140. The molecule has 1 amide bonds. The summed E-state index contributed by atoms with van der Waals surface area (Å²) in [5.74, 6) is -0.218. The van der Waals surface area contributed by atoms with E-state index in [4.69, 9.17) is 0 Å². The number of para-hydroxylation sites is 2. The first kappa shape index (κ1) is 19.7. The minimum Gasteiger partial charge on any atom is -0.434 e. The molecule has 0 aliphatic carbocycles. The molecule has 0 unspecified atom stereocenters. The summed E-state index contributed by atoms with van der Waals surface area (Å²) in [6.07, 6.45) is 3.56. The van der Waals surface area contributed by atoms with Crippen molar-refractivity contribution < 1.29 is 18.3 Å². The average Bonchev–Trinajstić information content (AvgIpc) is 3.38. The summed E-state index contributed by atoms with van der Waals surface area (Å²) in [7, 11) is 0. The van der Waals surface area contributed by atoms with Crippen LogP contribution >= 0.6 is 11.3 Å². The quantitative estimate of drug-likeness (QED) is 0.462. The second-order valence-electron chi connectivity index (χ2n) is 6.27. The molecule has 0 radical (unpaired) electrons. The second kappa shape index (κ2) is 8.83. The van der Waals surface area contributed by atoms with Crippen LogP contribution in [0.2, 0.25) is 0 Å². The topological polar surface area (TPSA) is 69.0 Å². The summed E-state index contributed by atoms with van der Waals surface area (Å²) < 4.78 is 31.5. The summed E-state index contributed by atoms with van der Waals surface area (Å²) >= 11 is 1.21. The van der Waals surface area contributed by atoms with Crippen LogP contribution in [0.4, 0.5) is 13.9 Å². The van der Waals surface area contributed by atoms with Crippen molar-refractivity contribution >= 4 is 22.4 Å². The van der Waals surface area contributed by atoms with Gasteiger partial charge in [-0.15, -0.1) is 11.3 Å². The normalized spacial score (nSPS) is 10.9. The zero-order valence-electron chi connectivity index (χ0n) is 15.5. The Hall–Kier alpha value is -3.59. The fraction of sp³-hybridized carbons (Fsp3) is 0.0952. The van der Waals surface area contributed by atoms with Crippen molar-refractivity contribution in [3.63, 3.8) is 0 Å². The molecule has 2 heterocycles. The monoisotopic (exact) mass is 426 g/mol. The molecule has 1 N–H and O–H groups in total. The van der Waals surface area contributed by atoms with Gasteiger partial charge in [0.05, 0.1) is 24.0 Å². The van der Waals surface area contributed by atoms with Crippen LogP contribution < -0.4 is 10.1 Å². The van der Waals surface area contributed by atoms with Gasteiger partial charge in [-0.05, 0) is 29.8 Å². The minimum atomic E-state index is -2.93. The number of amides is 1. The zero-order chi connectivity index (χ0) is 20.9. The third-order valence-corrected chi connectivity index (χ3v) is 4.91. The van der Waals surface area contributed by atoms with E-state index in [2.05, 4.69) is 20.1 Å². The minimum absolute atomic E-state index is 0.0315. The number of hydrogen-bond acceptors (Lipinski definition) is 5. The van der Waals surface area contributed by atoms with Crippen LogP contribution in [0.25, 0.3) is 16.9 Å². The largest absolute Gasteiger partial charge is 0.434 e. The lowest BCUT2D eigenvalue weighted by Gasteiger charge is -2.08. The molecule has 6 nitrogen and oxygen atoms in total. The maximum atomic E-state index is 12.6. The third-order valence-electron chi connectivity index (χ3n) is 4.15. The summed E-state index contributed by atoms with van der Waals surface area (Å²) in [6, 6.07) is 16.0. The molecule has 0 spiro atoms. The highest BCUT2D eigenvalue weighted by atomic mass is 32.1. The van der Waals surface area contributed by atoms with E-state index in [0.717, 1.165) is 11.3 Å². The van der Waals surface area contributed by atoms with Gasteiger partial charge in [-0.1, -0.05) is 30.3 Å². The molecule has 0 saturated heterocycles. The number of ether oxygens (including phenoxy) is 1. The number of carbonyl (C=O) groups is 1. The Balaban J connectivity index is 1.42. The van der Waals surface area contributed by atoms with Gasteiger partial charge in [-0.3, -0.25) is 4.79 Å². The van der Waals surface area contributed by atoms with E-state index in [1.165, 1.54) is 17.4 Å². The molecule has 0 aliphatic rings. The van der Waals surface area contributed by atoms with E-state index in [1.807, 2.05) is 30.3 Å². The van der Waals surface area contributed by atoms with Gasteiger partial charge in [-0.25, -0.2) is 9.67 Å². The number of halogens is 2. The van der Waals surface area contributed by atoms with Crippen LogP contribution in [-0.4, -0.2) is 27.3 Å². The van der Waals surface area contributed by atoms with Crippen molar-refractivity contribution in [2.24, 2.45) is 0 Å². The van der Waals surface area contributed by atoms with Crippen LogP contribution in [0.3, 0.4) is 0 Å². The number of rotatable bonds is 7. The maximum absolute atomic E-state index is 12.6. The van der Waals surface area contributed by atoms with Gasteiger partial charge < -0.3 is 10.1 Å². The highest BCUT2D eigenvalue weighted by Gasteiger charge is 2.15. The fourth-order valence-corrected chi connectivity index (χ4v) is 3.58. The van der Waals surface area contributed by atoms with Crippen molar-refractivity contribution in [1.29, 1.82) is 0 Å². The first-order valence-electron chi connectivity index (χ1n) is 8.97. The first-order valence-corrected chi connectivity index (χ1v) is 9.85. The molecule has 152 valence electrons. The number of hydrogen-bond donors (Lipinski definition) is 1. The Kier molecular flexibility index (Phi) is 5.80. The summed E-state index contributed by atoms with van der Waals surface area (Å²) in [4.78, 5) is 16.7. The lowest BCUT2D eigenvalue weighted by molar-refractivity contribution is -0.115. The number of alkyl halides is 2. The summed E-state index contributed by atoms with van der Waals surface area (Å²) in [5.41, 5.74) is 2.53. The average molecular weight is 426 g/mol.